The minimum Gasteiger partial charge on any atom is -0.497 e. The molecule has 3 aliphatic rings. The van der Waals surface area contributed by atoms with E-state index in [4.69, 9.17) is 9.47 Å². The first-order valence-electron chi connectivity index (χ1n) is 19.6. The number of ether oxygens (including phenoxy) is 2. The third kappa shape index (κ3) is 7.69. The maximum atomic E-state index is 15.4. The Hall–Kier alpha value is -4.51. The van der Waals surface area contributed by atoms with Gasteiger partial charge in [-0.3, -0.25) is 19.3 Å². The monoisotopic (exact) mass is 763 g/mol. The average Bonchev–Trinajstić information content (AvgIpc) is 3.84. The highest BCUT2D eigenvalue weighted by atomic mass is 28.3. The number of para-hydroxylation sites is 1. The number of carbonyl (C=O) groups is 3. The zero-order valence-electron chi connectivity index (χ0n) is 33.5. The van der Waals surface area contributed by atoms with Gasteiger partial charge in [0.15, 0.2) is 5.60 Å². The Kier molecular flexibility index (Phi) is 12.2. The van der Waals surface area contributed by atoms with Gasteiger partial charge in [-0.25, -0.2) is 0 Å². The number of methoxy groups -OCH3 is 1. The van der Waals surface area contributed by atoms with Crippen molar-refractivity contribution in [2.75, 3.05) is 36.6 Å². The number of likely N-dealkylation sites (tertiary alicyclic amines) is 1. The number of hydrogen-bond acceptors (Lipinski definition) is 6. The largest absolute Gasteiger partial charge is 0.497 e. The fraction of sp³-hybridized carbons (Fsp3) is 0.444. The number of rotatable bonds is 14. The second kappa shape index (κ2) is 16.7. The predicted octanol–water partition coefficient (Wildman–Crippen LogP) is 7.62. The summed E-state index contributed by atoms with van der Waals surface area (Å²) in [6, 6.07) is 23.2. The van der Waals surface area contributed by atoms with Gasteiger partial charge in [-0.05, 0) is 94.5 Å². The van der Waals surface area contributed by atoms with Gasteiger partial charge in [-0.15, -0.1) is 0 Å². The lowest BCUT2D eigenvalue weighted by Crippen LogP contribution is -2.52. The Balaban J connectivity index is 1.47. The van der Waals surface area contributed by atoms with Crippen LogP contribution in [0.1, 0.15) is 65.4 Å². The molecule has 0 unspecified atom stereocenters. The molecule has 0 bridgehead atoms. The number of aliphatic hydroxyl groups excluding tert-OH is 1. The molecule has 2 fully saturated rings. The molecule has 5 atom stereocenters. The van der Waals surface area contributed by atoms with Crippen LogP contribution in [0.5, 0.6) is 5.75 Å². The summed E-state index contributed by atoms with van der Waals surface area (Å²) in [6.45, 7) is 13.9. The van der Waals surface area contributed by atoms with Gasteiger partial charge in [-0.2, -0.15) is 0 Å². The van der Waals surface area contributed by atoms with Crippen LogP contribution >= 0.6 is 0 Å². The molecule has 9 nitrogen and oxygen atoms in total. The zero-order valence-corrected chi connectivity index (χ0v) is 34.5. The second-order valence-electron chi connectivity index (χ2n) is 16.2. The average molecular weight is 764 g/mol. The van der Waals surface area contributed by atoms with Gasteiger partial charge in [0.1, 0.15) is 5.75 Å². The van der Waals surface area contributed by atoms with Gasteiger partial charge in [0.05, 0.1) is 46.0 Å². The summed E-state index contributed by atoms with van der Waals surface area (Å²) in [5, 5.41) is 11.3. The lowest BCUT2D eigenvalue weighted by atomic mass is 9.82. The molecule has 3 amide bonds. The van der Waals surface area contributed by atoms with Crippen molar-refractivity contribution in [2.45, 2.75) is 96.2 Å². The highest BCUT2D eigenvalue weighted by molar-refractivity contribution is 6.91. The topological polar surface area (TPSA) is 99.6 Å². The smallest absolute Gasteiger partial charge is 0.264 e. The van der Waals surface area contributed by atoms with E-state index < -0.39 is 19.8 Å². The standard InChI is InChI=1S/C45H57N3O6Si/c1-31(2)13-11-14-32(3)24-26-47-40-23-18-35(48(30-50)34-15-9-8-10-16-34)27-39(40)45(44(47)52)33(4)43(55(6,7)38-21-19-37(53-5)20-22-38)41(54-45)28-42(51)46-25-12-17-36(46)29-49/h8-10,13,15-16,18-24,27,30,33,36,41,43,49H,11-12,14,17,25-26,28-29H2,1-7H3/b32-24+/t33-,36+,41+,43-,45+/m1/s1. The molecule has 0 aliphatic carbocycles. The third-order valence-electron chi connectivity index (χ3n) is 12.2. The molecular formula is C45H57N3O6Si. The van der Waals surface area contributed by atoms with Crippen LogP contribution < -0.4 is 19.7 Å². The highest BCUT2D eigenvalue weighted by Gasteiger charge is 2.66. The van der Waals surface area contributed by atoms with Crippen molar-refractivity contribution >= 4 is 48.5 Å². The molecule has 3 heterocycles. The minimum absolute atomic E-state index is 0.0576. The number of fused-ring (bicyclic) bond motifs is 2. The fourth-order valence-corrected chi connectivity index (χ4v) is 13.3. The van der Waals surface area contributed by atoms with Gasteiger partial charge in [0.25, 0.3) is 5.91 Å². The Morgan fingerprint density at radius 2 is 1.76 bits per heavy atom. The van der Waals surface area contributed by atoms with Crippen LogP contribution in [0.25, 0.3) is 0 Å². The van der Waals surface area contributed by atoms with E-state index in [1.807, 2.05) is 65.6 Å². The molecule has 2 saturated heterocycles. The number of aliphatic hydroxyl groups is 1. The molecular weight excluding hydrogens is 707 g/mol. The Morgan fingerprint density at radius 3 is 2.42 bits per heavy atom. The normalized spacial score (nSPS) is 23.6. The number of allylic oxidation sites excluding steroid dienone is 3. The van der Waals surface area contributed by atoms with Gasteiger partial charge in [0, 0.05) is 35.9 Å². The van der Waals surface area contributed by atoms with Gasteiger partial charge >= 0.3 is 0 Å². The molecule has 1 N–H and O–H groups in total. The van der Waals surface area contributed by atoms with Crippen molar-refractivity contribution < 1.29 is 29.0 Å². The highest BCUT2D eigenvalue weighted by Crippen LogP contribution is 2.60. The fourth-order valence-electron chi connectivity index (χ4n) is 9.27. The molecule has 55 heavy (non-hydrogen) atoms. The van der Waals surface area contributed by atoms with E-state index in [2.05, 4.69) is 65.1 Å². The lowest BCUT2D eigenvalue weighted by molar-refractivity contribution is -0.149. The first kappa shape index (κ1) is 40.2. The van der Waals surface area contributed by atoms with Crippen LogP contribution in [0.15, 0.2) is 96.1 Å². The first-order chi connectivity index (χ1) is 26.4. The van der Waals surface area contributed by atoms with E-state index in [1.54, 1.807) is 16.9 Å². The van der Waals surface area contributed by atoms with E-state index in [9.17, 15) is 14.7 Å². The maximum Gasteiger partial charge on any atom is 0.264 e. The molecule has 0 saturated carbocycles. The number of anilines is 3. The van der Waals surface area contributed by atoms with E-state index in [0.29, 0.717) is 24.5 Å². The van der Waals surface area contributed by atoms with Gasteiger partial charge < -0.3 is 24.4 Å². The first-order valence-corrected chi connectivity index (χ1v) is 22.7. The summed E-state index contributed by atoms with van der Waals surface area (Å²) in [5.74, 6) is 0.239. The van der Waals surface area contributed by atoms with E-state index in [0.717, 1.165) is 49.1 Å². The molecule has 0 radical (unpaired) electrons. The van der Waals surface area contributed by atoms with Crippen LogP contribution in [0, 0.1) is 5.92 Å². The van der Waals surface area contributed by atoms with Crippen molar-refractivity contribution in [3.8, 4) is 5.75 Å². The molecule has 3 aromatic carbocycles. The van der Waals surface area contributed by atoms with E-state index >= 15 is 4.79 Å². The molecule has 3 aromatic rings. The second-order valence-corrected chi connectivity index (χ2v) is 20.9. The van der Waals surface area contributed by atoms with Crippen LogP contribution in [0.3, 0.4) is 0 Å². The van der Waals surface area contributed by atoms with Crippen molar-refractivity contribution in [1.29, 1.82) is 0 Å². The number of hydrogen-bond donors (Lipinski definition) is 1. The molecule has 292 valence electrons. The predicted molar refractivity (Wildman–Crippen MR) is 222 cm³/mol. The summed E-state index contributed by atoms with van der Waals surface area (Å²) in [5.41, 5.74) is 3.75. The summed E-state index contributed by atoms with van der Waals surface area (Å²) in [4.78, 5) is 47.5. The number of amides is 3. The maximum absolute atomic E-state index is 15.4. The van der Waals surface area contributed by atoms with Crippen LogP contribution in [0.4, 0.5) is 17.1 Å². The quantitative estimate of drug-likeness (QED) is 0.103. The lowest BCUT2D eigenvalue weighted by Gasteiger charge is -2.37. The van der Waals surface area contributed by atoms with Gasteiger partial charge in [0.2, 0.25) is 12.3 Å². The molecule has 10 heteroatoms. The van der Waals surface area contributed by atoms with Crippen LogP contribution in [-0.2, 0) is 24.7 Å². The summed E-state index contributed by atoms with van der Waals surface area (Å²) >= 11 is 0. The number of nitrogens with zero attached hydrogens (tertiary/aromatic N) is 3. The summed E-state index contributed by atoms with van der Waals surface area (Å²) in [7, 11) is -0.864. The third-order valence-corrected chi connectivity index (χ3v) is 16.6. The van der Waals surface area contributed by atoms with Crippen LogP contribution in [0.2, 0.25) is 18.6 Å². The molecule has 1 spiro atoms. The Morgan fingerprint density at radius 1 is 1.04 bits per heavy atom. The Labute approximate surface area is 327 Å². The molecule has 0 aromatic heterocycles. The van der Waals surface area contributed by atoms with E-state index in [-0.39, 0.29) is 42.3 Å². The van der Waals surface area contributed by atoms with Crippen molar-refractivity contribution in [2.24, 2.45) is 5.92 Å². The zero-order chi connectivity index (χ0) is 39.5. The van der Waals surface area contributed by atoms with Crippen molar-refractivity contribution in [3.63, 3.8) is 0 Å². The van der Waals surface area contributed by atoms with Crippen molar-refractivity contribution in [1.82, 2.24) is 4.90 Å². The summed E-state index contributed by atoms with van der Waals surface area (Å²) in [6.07, 6.45) is 8.13. The van der Waals surface area contributed by atoms with Crippen LogP contribution in [-0.4, -0.2) is 75.3 Å². The van der Waals surface area contributed by atoms with E-state index in [1.165, 1.54) is 16.3 Å². The molecule has 3 aliphatic heterocycles. The minimum atomic E-state index is -2.52. The number of carbonyl (C=O) groups excluding carboxylic acids is 3. The Bertz CT molecular complexity index is 1920. The number of benzene rings is 3. The molecule has 6 rings (SSSR count). The van der Waals surface area contributed by atoms with Gasteiger partial charge in [-0.1, -0.05) is 78.8 Å². The SMILES string of the molecule is COc1ccc([Si](C)(C)[C@H]2[C@H](CC(=O)N3CCC[C@H]3CO)O[C@@]3(C(=O)N(C/C=C(\C)CCC=C(C)C)c4ccc(N(C=O)c5ccccc5)cc43)[C@@H]2C)cc1. The van der Waals surface area contributed by atoms with Crippen molar-refractivity contribution in [3.05, 3.63) is 102 Å². The summed E-state index contributed by atoms with van der Waals surface area (Å²) < 4.78 is 12.8.